The number of nitrogens with one attached hydrogen (secondary N) is 1. The Labute approximate surface area is 93.8 Å². The molecule has 1 aromatic rings. The highest BCUT2D eigenvalue weighted by Gasteiger charge is 2.23. The van der Waals surface area contributed by atoms with Crippen LogP contribution in [0.1, 0.15) is 29.9 Å². The largest absolute Gasteiger partial charge is 0.345 e. The molecule has 1 aliphatic rings. The number of aryl methyl sites for hydroxylation is 1. The second-order valence-corrected chi connectivity index (χ2v) is 4.86. The summed E-state index contributed by atoms with van der Waals surface area (Å²) in [5.74, 6) is 0.709. The van der Waals surface area contributed by atoms with Gasteiger partial charge in [0.15, 0.2) is 0 Å². The molecule has 2 nitrogen and oxygen atoms in total. The van der Waals surface area contributed by atoms with E-state index in [2.05, 4.69) is 39.1 Å². The molecule has 0 spiro atoms. The maximum absolute atomic E-state index is 3.66. The van der Waals surface area contributed by atoms with E-state index >= 15 is 0 Å². The average molecular weight is 257 g/mol. The van der Waals surface area contributed by atoms with E-state index in [1.807, 2.05) is 7.05 Å². The maximum atomic E-state index is 3.66. The van der Waals surface area contributed by atoms with E-state index < -0.39 is 0 Å². The van der Waals surface area contributed by atoms with Crippen LogP contribution in [0.15, 0.2) is 10.8 Å². The first-order valence-corrected chi connectivity index (χ1v) is 6.01. The summed E-state index contributed by atoms with van der Waals surface area (Å²) < 4.78 is 3.46. The molecule has 0 amide bonds. The van der Waals surface area contributed by atoms with E-state index in [0.29, 0.717) is 5.92 Å². The molecule has 1 heterocycles. The lowest BCUT2D eigenvalue weighted by Crippen LogP contribution is -2.20. The molecular formula is C11H17BrN2. The van der Waals surface area contributed by atoms with Crippen LogP contribution in [0.2, 0.25) is 0 Å². The molecule has 0 aromatic carbocycles. The summed E-state index contributed by atoms with van der Waals surface area (Å²) >= 11 is 3.66. The van der Waals surface area contributed by atoms with E-state index in [4.69, 9.17) is 0 Å². The molecule has 0 radical (unpaired) electrons. The molecule has 1 aliphatic carbocycles. The summed E-state index contributed by atoms with van der Waals surface area (Å²) in [5, 5.41) is 3.28. The van der Waals surface area contributed by atoms with E-state index in [1.54, 1.807) is 5.56 Å². The van der Waals surface area contributed by atoms with E-state index in [9.17, 15) is 0 Å². The van der Waals surface area contributed by atoms with Gasteiger partial charge in [0.1, 0.15) is 0 Å². The molecule has 2 rings (SSSR count). The number of rotatable bonds is 2. The number of aromatic nitrogens is 1. The van der Waals surface area contributed by atoms with E-state index in [1.165, 1.54) is 29.4 Å². The predicted octanol–water partition coefficient (Wildman–Crippen LogP) is 2.43. The molecule has 78 valence electrons. The number of hydrogen-bond donors (Lipinski definition) is 1. The zero-order chi connectivity index (χ0) is 10.1. The van der Waals surface area contributed by atoms with Gasteiger partial charge < -0.3 is 9.88 Å². The van der Waals surface area contributed by atoms with Crippen molar-refractivity contribution < 1.29 is 0 Å². The van der Waals surface area contributed by atoms with Gasteiger partial charge in [0.2, 0.25) is 0 Å². The fraction of sp³-hybridized carbons (Fsp3) is 0.636. The quantitative estimate of drug-likeness (QED) is 0.861. The van der Waals surface area contributed by atoms with Crippen molar-refractivity contribution in [3.05, 3.63) is 21.9 Å². The highest BCUT2D eigenvalue weighted by Crippen LogP contribution is 2.36. The average Bonchev–Trinajstić information content (AvgIpc) is 2.46. The van der Waals surface area contributed by atoms with Crippen molar-refractivity contribution in [2.45, 2.75) is 25.2 Å². The second kappa shape index (κ2) is 4.07. The van der Waals surface area contributed by atoms with Crippen molar-refractivity contribution >= 4 is 15.9 Å². The summed E-state index contributed by atoms with van der Waals surface area (Å²) in [7, 11) is 4.14. The first-order chi connectivity index (χ1) is 6.74. The lowest BCUT2D eigenvalue weighted by atomic mass is 9.85. The van der Waals surface area contributed by atoms with Gasteiger partial charge in [-0.05, 0) is 59.3 Å². The minimum atomic E-state index is 0.709. The van der Waals surface area contributed by atoms with Gasteiger partial charge in [0.25, 0.3) is 0 Å². The highest BCUT2D eigenvalue weighted by molar-refractivity contribution is 9.10. The van der Waals surface area contributed by atoms with Crippen LogP contribution in [0.5, 0.6) is 0 Å². The Morgan fingerprint density at radius 1 is 1.64 bits per heavy atom. The Morgan fingerprint density at radius 2 is 2.43 bits per heavy atom. The molecule has 0 saturated carbocycles. The third kappa shape index (κ3) is 1.63. The molecule has 0 bridgehead atoms. The molecule has 0 saturated heterocycles. The monoisotopic (exact) mass is 256 g/mol. The van der Waals surface area contributed by atoms with Crippen LogP contribution >= 0.6 is 15.9 Å². The minimum Gasteiger partial charge on any atom is -0.345 e. The maximum Gasteiger partial charge on any atom is 0.0879 e. The van der Waals surface area contributed by atoms with Crippen molar-refractivity contribution in [3.63, 3.8) is 0 Å². The van der Waals surface area contributed by atoms with Crippen LogP contribution < -0.4 is 5.32 Å². The normalized spacial score (nSPS) is 20.9. The lowest BCUT2D eigenvalue weighted by molar-refractivity contribution is 0.530. The van der Waals surface area contributed by atoms with Gasteiger partial charge in [-0.2, -0.15) is 0 Å². The van der Waals surface area contributed by atoms with Crippen LogP contribution in [0.3, 0.4) is 0 Å². The van der Waals surface area contributed by atoms with Gasteiger partial charge in [-0.15, -0.1) is 0 Å². The van der Waals surface area contributed by atoms with Gasteiger partial charge in [-0.3, -0.25) is 0 Å². The van der Waals surface area contributed by atoms with Gasteiger partial charge >= 0.3 is 0 Å². The zero-order valence-corrected chi connectivity index (χ0v) is 10.4. The van der Waals surface area contributed by atoms with Crippen LogP contribution in [-0.2, 0) is 13.5 Å². The number of fused-ring (bicyclic) bond motifs is 1. The molecule has 1 atom stereocenters. The van der Waals surface area contributed by atoms with Gasteiger partial charge in [0.05, 0.1) is 4.60 Å². The molecule has 14 heavy (non-hydrogen) atoms. The Balaban J connectivity index is 2.34. The summed E-state index contributed by atoms with van der Waals surface area (Å²) in [5.41, 5.74) is 3.07. The predicted molar refractivity (Wildman–Crippen MR) is 62.7 cm³/mol. The number of nitrogens with zero attached hydrogens (tertiary/aromatic N) is 1. The Kier molecular flexibility index (Phi) is 2.98. The van der Waals surface area contributed by atoms with Crippen LogP contribution in [0, 0.1) is 0 Å². The van der Waals surface area contributed by atoms with Crippen LogP contribution in [0.4, 0.5) is 0 Å². The summed E-state index contributed by atoms with van der Waals surface area (Å²) in [4.78, 5) is 0. The first kappa shape index (κ1) is 10.2. The number of hydrogen-bond acceptors (Lipinski definition) is 1. The first-order valence-electron chi connectivity index (χ1n) is 5.22. The molecule has 3 heteroatoms. The fourth-order valence-corrected chi connectivity index (χ4v) is 2.94. The van der Waals surface area contributed by atoms with Crippen molar-refractivity contribution in [2.24, 2.45) is 7.05 Å². The summed E-state index contributed by atoms with van der Waals surface area (Å²) in [6.07, 6.45) is 6.16. The summed E-state index contributed by atoms with van der Waals surface area (Å²) in [6.45, 7) is 1.10. The summed E-state index contributed by atoms with van der Waals surface area (Å²) in [6, 6.07) is 0. The highest BCUT2D eigenvalue weighted by atomic mass is 79.9. The smallest absolute Gasteiger partial charge is 0.0879 e. The van der Waals surface area contributed by atoms with Gasteiger partial charge in [-0.1, -0.05) is 0 Å². The second-order valence-electron chi connectivity index (χ2n) is 4.11. The number of halogens is 1. The lowest BCUT2D eigenvalue weighted by Gasteiger charge is -2.22. The fourth-order valence-electron chi connectivity index (χ4n) is 2.41. The Bertz CT molecular complexity index is 330. The van der Waals surface area contributed by atoms with Gasteiger partial charge in [0, 0.05) is 19.8 Å². The minimum absolute atomic E-state index is 0.709. The van der Waals surface area contributed by atoms with E-state index in [0.717, 1.165) is 6.54 Å². The third-order valence-corrected chi connectivity index (χ3v) is 4.15. The molecular weight excluding hydrogens is 240 g/mol. The standard InChI is InChI=1S/C11H17BrN2/c1-13-6-8-4-3-5-9-10(8)7-14(2)11(9)12/h7-8,13H,3-6H2,1-2H3. The third-order valence-electron chi connectivity index (χ3n) is 3.11. The topological polar surface area (TPSA) is 17.0 Å². The van der Waals surface area contributed by atoms with E-state index in [-0.39, 0.29) is 0 Å². The molecule has 1 unspecified atom stereocenters. The van der Waals surface area contributed by atoms with Crippen molar-refractivity contribution in [2.75, 3.05) is 13.6 Å². The van der Waals surface area contributed by atoms with Crippen LogP contribution in [-0.4, -0.2) is 18.2 Å². The molecule has 1 aromatic heterocycles. The zero-order valence-electron chi connectivity index (χ0n) is 8.81. The molecule has 1 N–H and O–H groups in total. The Morgan fingerprint density at radius 3 is 3.14 bits per heavy atom. The van der Waals surface area contributed by atoms with Crippen LogP contribution in [0.25, 0.3) is 0 Å². The van der Waals surface area contributed by atoms with Gasteiger partial charge in [-0.25, -0.2) is 0 Å². The molecule has 0 fully saturated rings. The Hall–Kier alpha value is -0.280. The van der Waals surface area contributed by atoms with Crippen molar-refractivity contribution in [3.8, 4) is 0 Å². The number of likely N-dealkylation sites (N-methyl/N-ethyl adjacent to an activating group) is 1. The SMILES string of the molecule is CNCC1CCCc2c1cn(C)c2Br. The van der Waals surface area contributed by atoms with Crippen molar-refractivity contribution in [1.29, 1.82) is 0 Å². The molecule has 0 aliphatic heterocycles. The van der Waals surface area contributed by atoms with Crippen molar-refractivity contribution in [1.82, 2.24) is 9.88 Å².